The number of amides is 2. The first kappa shape index (κ1) is 13.2. The van der Waals surface area contributed by atoms with Gasteiger partial charge in [-0.2, -0.15) is 0 Å². The molecule has 2 aliphatic carbocycles. The van der Waals surface area contributed by atoms with Crippen molar-refractivity contribution in [2.75, 3.05) is 6.54 Å². The molecule has 0 spiro atoms. The Labute approximate surface area is 118 Å². The minimum Gasteiger partial charge on any atom is -0.352 e. The van der Waals surface area contributed by atoms with Gasteiger partial charge in [-0.05, 0) is 37.2 Å². The standard InChI is InChI=1S/C16H20N2O2/c19-14(18-13-8-9-13)10-17-16(20)15(12-6-7-12)11-4-2-1-3-5-11/h1-5,12-13,15H,6-10H2,(H,17,20)(H,18,19). The predicted molar refractivity (Wildman–Crippen MR) is 76.1 cm³/mol. The molecule has 2 aliphatic rings. The summed E-state index contributed by atoms with van der Waals surface area (Å²) in [5.41, 5.74) is 1.05. The predicted octanol–water partition coefficient (Wildman–Crippen LogP) is 1.57. The van der Waals surface area contributed by atoms with Crippen LogP contribution in [0.5, 0.6) is 0 Å². The molecule has 1 aromatic rings. The molecule has 0 bridgehead atoms. The Morgan fingerprint density at radius 1 is 1.10 bits per heavy atom. The monoisotopic (exact) mass is 272 g/mol. The van der Waals surface area contributed by atoms with Crippen molar-refractivity contribution in [2.45, 2.75) is 37.6 Å². The van der Waals surface area contributed by atoms with Crippen molar-refractivity contribution in [1.82, 2.24) is 10.6 Å². The molecule has 2 fully saturated rings. The minimum absolute atomic E-state index is 0.0235. The zero-order chi connectivity index (χ0) is 13.9. The summed E-state index contributed by atoms with van der Waals surface area (Å²) in [6.45, 7) is 0.0887. The highest BCUT2D eigenvalue weighted by Gasteiger charge is 2.37. The Hall–Kier alpha value is -1.84. The van der Waals surface area contributed by atoms with E-state index in [1.54, 1.807) is 0 Å². The Balaban J connectivity index is 1.57. The maximum absolute atomic E-state index is 12.3. The lowest BCUT2D eigenvalue weighted by Crippen LogP contribution is -2.40. The lowest BCUT2D eigenvalue weighted by atomic mass is 9.93. The highest BCUT2D eigenvalue weighted by molar-refractivity contribution is 5.89. The molecule has 0 radical (unpaired) electrons. The molecule has 2 N–H and O–H groups in total. The molecule has 106 valence electrons. The molecule has 4 heteroatoms. The van der Waals surface area contributed by atoms with Crippen LogP contribution >= 0.6 is 0 Å². The normalized spacial score (nSPS) is 19.2. The van der Waals surface area contributed by atoms with Gasteiger partial charge in [-0.3, -0.25) is 9.59 Å². The fourth-order valence-corrected chi connectivity index (χ4v) is 2.51. The summed E-state index contributed by atoms with van der Waals surface area (Å²) in [6.07, 6.45) is 4.32. The van der Waals surface area contributed by atoms with Crippen LogP contribution in [0.2, 0.25) is 0 Å². The van der Waals surface area contributed by atoms with Gasteiger partial charge in [0.2, 0.25) is 11.8 Å². The van der Waals surface area contributed by atoms with Crippen LogP contribution < -0.4 is 10.6 Å². The number of carbonyl (C=O) groups is 2. The first-order chi connectivity index (χ1) is 9.74. The Morgan fingerprint density at radius 2 is 1.80 bits per heavy atom. The molecule has 0 saturated heterocycles. The van der Waals surface area contributed by atoms with Gasteiger partial charge in [0.1, 0.15) is 0 Å². The first-order valence-electron chi connectivity index (χ1n) is 7.36. The quantitative estimate of drug-likeness (QED) is 0.826. The molecule has 0 heterocycles. The summed E-state index contributed by atoms with van der Waals surface area (Å²) in [5.74, 6) is 0.224. The van der Waals surface area contributed by atoms with E-state index < -0.39 is 0 Å². The lowest BCUT2D eigenvalue weighted by Gasteiger charge is -2.16. The van der Waals surface area contributed by atoms with Gasteiger partial charge in [0, 0.05) is 6.04 Å². The van der Waals surface area contributed by atoms with Crippen molar-refractivity contribution in [3.8, 4) is 0 Å². The molecule has 3 rings (SSSR count). The van der Waals surface area contributed by atoms with Crippen molar-refractivity contribution >= 4 is 11.8 Å². The summed E-state index contributed by atoms with van der Waals surface area (Å²) < 4.78 is 0. The average molecular weight is 272 g/mol. The van der Waals surface area contributed by atoms with Crippen LogP contribution in [0.15, 0.2) is 30.3 Å². The van der Waals surface area contributed by atoms with E-state index >= 15 is 0 Å². The van der Waals surface area contributed by atoms with E-state index in [-0.39, 0.29) is 24.3 Å². The lowest BCUT2D eigenvalue weighted by molar-refractivity contribution is -0.127. The maximum Gasteiger partial charge on any atom is 0.239 e. The van der Waals surface area contributed by atoms with Gasteiger partial charge >= 0.3 is 0 Å². The van der Waals surface area contributed by atoms with Crippen LogP contribution in [0.1, 0.15) is 37.2 Å². The highest BCUT2D eigenvalue weighted by atomic mass is 16.2. The summed E-state index contributed by atoms with van der Waals surface area (Å²) in [6, 6.07) is 10.2. The fourth-order valence-electron chi connectivity index (χ4n) is 2.51. The van der Waals surface area contributed by atoms with Gasteiger partial charge in [-0.1, -0.05) is 30.3 Å². The number of hydrogen-bond acceptors (Lipinski definition) is 2. The van der Waals surface area contributed by atoms with Gasteiger partial charge < -0.3 is 10.6 Å². The van der Waals surface area contributed by atoms with Crippen LogP contribution in [0.25, 0.3) is 0 Å². The third-order valence-electron chi connectivity index (χ3n) is 3.90. The molecule has 1 atom stereocenters. The zero-order valence-electron chi connectivity index (χ0n) is 11.5. The van der Waals surface area contributed by atoms with E-state index in [1.165, 1.54) is 0 Å². The largest absolute Gasteiger partial charge is 0.352 e. The van der Waals surface area contributed by atoms with Crippen LogP contribution in [0.3, 0.4) is 0 Å². The number of rotatable bonds is 6. The van der Waals surface area contributed by atoms with Crippen molar-refractivity contribution in [3.63, 3.8) is 0 Å². The summed E-state index contributed by atoms with van der Waals surface area (Å²) in [7, 11) is 0. The molecule has 1 unspecified atom stereocenters. The van der Waals surface area contributed by atoms with E-state index in [0.717, 1.165) is 31.2 Å². The highest BCUT2D eigenvalue weighted by Crippen LogP contribution is 2.42. The van der Waals surface area contributed by atoms with E-state index in [2.05, 4.69) is 10.6 Å². The van der Waals surface area contributed by atoms with Crippen LogP contribution in [0.4, 0.5) is 0 Å². The van der Waals surface area contributed by atoms with E-state index in [4.69, 9.17) is 0 Å². The molecule has 0 aliphatic heterocycles. The second kappa shape index (κ2) is 5.65. The Bertz CT molecular complexity index is 492. The maximum atomic E-state index is 12.3. The van der Waals surface area contributed by atoms with Crippen molar-refractivity contribution in [1.29, 1.82) is 0 Å². The van der Waals surface area contributed by atoms with Gasteiger partial charge in [0.25, 0.3) is 0 Å². The van der Waals surface area contributed by atoms with E-state index in [9.17, 15) is 9.59 Å². The summed E-state index contributed by atoms with van der Waals surface area (Å²) in [5, 5.41) is 5.66. The fraction of sp³-hybridized carbons (Fsp3) is 0.500. The number of carbonyl (C=O) groups excluding carboxylic acids is 2. The van der Waals surface area contributed by atoms with Gasteiger partial charge in [0.05, 0.1) is 12.5 Å². The van der Waals surface area contributed by atoms with Crippen LogP contribution in [0, 0.1) is 5.92 Å². The number of nitrogens with one attached hydrogen (secondary N) is 2. The third kappa shape index (κ3) is 3.38. The van der Waals surface area contributed by atoms with Crippen molar-refractivity contribution in [2.24, 2.45) is 5.92 Å². The molecule has 4 nitrogen and oxygen atoms in total. The minimum atomic E-state index is -0.107. The van der Waals surface area contributed by atoms with Crippen LogP contribution in [-0.4, -0.2) is 24.4 Å². The molecule has 2 amide bonds. The van der Waals surface area contributed by atoms with Gasteiger partial charge in [0.15, 0.2) is 0 Å². The molecule has 20 heavy (non-hydrogen) atoms. The van der Waals surface area contributed by atoms with Crippen molar-refractivity contribution < 1.29 is 9.59 Å². The van der Waals surface area contributed by atoms with E-state index in [0.29, 0.717) is 12.0 Å². The van der Waals surface area contributed by atoms with Crippen molar-refractivity contribution in [3.05, 3.63) is 35.9 Å². The number of benzene rings is 1. The topological polar surface area (TPSA) is 58.2 Å². The van der Waals surface area contributed by atoms with Gasteiger partial charge in [-0.15, -0.1) is 0 Å². The van der Waals surface area contributed by atoms with E-state index in [1.807, 2.05) is 30.3 Å². The molecule has 0 aromatic heterocycles. The smallest absolute Gasteiger partial charge is 0.239 e. The molecular weight excluding hydrogens is 252 g/mol. The molecule has 2 saturated carbocycles. The second-order valence-electron chi connectivity index (χ2n) is 5.79. The summed E-state index contributed by atoms with van der Waals surface area (Å²) >= 11 is 0. The average Bonchev–Trinajstić information content (AvgIpc) is 3.33. The molecule has 1 aromatic carbocycles. The van der Waals surface area contributed by atoms with Crippen LogP contribution in [-0.2, 0) is 9.59 Å². The first-order valence-corrected chi connectivity index (χ1v) is 7.36. The second-order valence-corrected chi connectivity index (χ2v) is 5.79. The SMILES string of the molecule is O=C(CNC(=O)C(c1ccccc1)C1CC1)NC1CC1. The Morgan fingerprint density at radius 3 is 2.40 bits per heavy atom. The number of hydrogen-bond donors (Lipinski definition) is 2. The van der Waals surface area contributed by atoms with Gasteiger partial charge in [-0.25, -0.2) is 0 Å². The Kier molecular flexibility index (Phi) is 3.72. The zero-order valence-corrected chi connectivity index (χ0v) is 11.5. The third-order valence-corrected chi connectivity index (χ3v) is 3.90. The summed E-state index contributed by atoms with van der Waals surface area (Å²) in [4.78, 5) is 24.0. The molecular formula is C16H20N2O2.